The molecule has 1 heterocycles. The van der Waals surface area contributed by atoms with E-state index >= 15 is 0 Å². The topological polar surface area (TPSA) is 56.2 Å². The Hall–Kier alpha value is -1.96. The van der Waals surface area contributed by atoms with Crippen molar-refractivity contribution >= 4 is 50.9 Å². The Morgan fingerprint density at radius 1 is 1.31 bits per heavy atom. The molecular weight excluding hydrogens is 438 g/mol. The molecule has 1 N–H and O–H groups in total. The Morgan fingerprint density at radius 3 is 2.77 bits per heavy atom. The first kappa shape index (κ1) is 18.8. The lowest BCUT2D eigenvalue weighted by Gasteiger charge is -2.09. The molecule has 3 aromatic rings. The maximum Gasteiger partial charge on any atom is 0.234 e. The average Bonchev–Trinajstić information content (AvgIpc) is 3.11. The van der Waals surface area contributed by atoms with Crippen molar-refractivity contribution in [3.8, 4) is 11.4 Å². The maximum atomic E-state index is 12.2. The Bertz CT molecular complexity index is 915. The van der Waals surface area contributed by atoms with E-state index in [1.54, 1.807) is 25.4 Å². The van der Waals surface area contributed by atoms with Gasteiger partial charge in [0.15, 0.2) is 5.16 Å². The van der Waals surface area contributed by atoms with E-state index in [0.29, 0.717) is 10.7 Å². The Morgan fingerprint density at radius 2 is 2.08 bits per heavy atom. The zero-order valence-electron chi connectivity index (χ0n) is 13.8. The maximum absolute atomic E-state index is 12.2. The molecule has 0 saturated carbocycles. The minimum atomic E-state index is -0.150. The van der Waals surface area contributed by atoms with Crippen LogP contribution >= 0.6 is 39.3 Å². The summed E-state index contributed by atoms with van der Waals surface area (Å²) in [6.45, 7) is 0. The van der Waals surface area contributed by atoms with Crippen LogP contribution < -0.4 is 10.1 Å². The second-order valence-electron chi connectivity index (χ2n) is 5.24. The number of amides is 1. The highest BCUT2D eigenvalue weighted by molar-refractivity contribution is 9.10. The van der Waals surface area contributed by atoms with Crippen LogP contribution in [0.25, 0.3) is 5.69 Å². The van der Waals surface area contributed by atoms with Crippen molar-refractivity contribution in [2.45, 2.75) is 5.16 Å². The smallest absolute Gasteiger partial charge is 0.234 e. The van der Waals surface area contributed by atoms with Crippen molar-refractivity contribution < 1.29 is 9.53 Å². The summed E-state index contributed by atoms with van der Waals surface area (Å²) in [4.78, 5) is 16.5. The predicted molar refractivity (Wildman–Crippen MR) is 109 cm³/mol. The predicted octanol–water partition coefficient (Wildman–Crippen LogP) is 5.03. The fourth-order valence-electron chi connectivity index (χ4n) is 2.24. The summed E-state index contributed by atoms with van der Waals surface area (Å²) in [5, 5.41) is 4.02. The number of anilines is 1. The quantitative estimate of drug-likeness (QED) is 0.533. The summed E-state index contributed by atoms with van der Waals surface area (Å²) in [5.41, 5.74) is 1.53. The minimum Gasteiger partial charge on any atom is -0.497 e. The van der Waals surface area contributed by atoms with Crippen LogP contribution in [0.3, 0.4) is 0 Å². The number of halogens is 2. The minimum absolute atomic E-state index is 0.150. The summed E-state index contributed by atoms with van der Waals surface area (Å²) >= 11 is 10.8. The number of nitrogens with zero attached hydrogens (tertiary/aromatic N) is 2. The average molecular weight is 453 g/mol. The third-order valence-electron chi connectivity index (χ3n) is 3.49. The molecule has 3 rings (SSSR count). The molecule has 0 spiro atoms. The van der Waals surface area contributed by atoms with Gasteiger partial charge >= 0.3 is 0 Å². The number of imidazole rings is 1. The van der Waals surface area contributed by atoms with Crippen LogP contribution in [0.5, 0.6) is 5.75 Å². The standard InChI is InChI=1S/C18H15BrClN3O2S/c1-25-14-5-3-13(4-6-14)23-9-8-21-18(23)26-11-17(24)22-16-7-2-12(19)10-15(16)20/h2-10H,11H2,1H3,(H,22,24). The third kappa shape index (κ3) is 4.60. The number of hydrogen-bond donors (Lipinski definition) is 1. The number of ether oxygens (including phenoxy) is 1. The first-order valence-corrected chi connectivity index (χ1v) is 9.78. The lowest BCUT2D eigenvalue weighted by Crippen LogP contribution is -2.14. The number of carbonyl (C=O) groups is 1. The molecule has 0 radical (unpaired) electrons. The highest BCUT2D eigenvalue weighted by atomic mass is 79.9. The lowest BCUT2D eigenvalue weighted by atomic mass is 10.3. The largest absolute Gasteiger partial charge is 0.497 e. The van der Waals surface area contributed by atoms with Crippen molar-refractivity contribution in [2.75, 3.05) is 18.2 Å². The van der Waals surface area contributed by atoms with Gasteiger partial charge in [0.25, 0.3) is 0 Å². The molecule has 0 unspecified atom stereocenters. The van der Waals surface area contributed by atoms with E-state index in [4.69, 9.17) is 16.3 Å². The van der Waals surface area contributed by atoms with Gasteiger partial charge in [-0.3, -0.25) is 9.36 Å². The normalized spacial score (nSPS) is 10.6. The summed E-state index contributed by atoms with van der Waals surface area (Å²) in [5.74, 6) is 0.858. The van der Waals surface area contributed by atoms with E-state index in [1.807, 2.05) is 41.1 Å². The summed E-state index contributed by atoms with van der Waals surface area (Å²) in [7, 11) is 1.63. The number of nitrogens with one attached hydrogen (secondary N) is 1. The highest BCUT2D eigenvalue weighted by Gasteiger charge is 2.11. The van der Waals surface area contributed by atoms with Gasteiger partial charge in [-0.15, -0.1) is 0 Å². The molecule has 1 aromatic heterocycles. The summed E-state index contributed by atoms with van der Waals surface area (Å²) < 4.78 is 7.95. The number of methoxy groups -OCH3 is 1. The molecule has 0 aliphatic rings. The van der Waals surface area contributed by atoms with Gasteiger partial charge in [-0.1, -0.05) is 39.3 Å². The van der Waals surface area contributed by atoms with Crippen LogP contribution in [0.1, 0.15) is 0 Å². The number of benzene rings is 2. The number of aromatic nitrogens is 2. The summed E-state index contributed by atoms with van der Waals surface area (Å²) in [6.07, 6.45) is 3.56. The number of rotatable bonds is 6. The zero-order chi connectivity index (χ0) is 18.5. The molecule has 0 bridgehead atoms. The Kier molecular flexibility index (Phi) is 6.24. The van der Waals surface area contributed by atoms with E-state index in [0.717, 1.165) is 21.1 Å². The third-order valence-corrected chi connectivity index (χ3v) is 5.27. The van der Waals surface area contributed by atoms with E-state index in [9.17, 15) is 4.79 Å². The number of thioether (sulfide) groups is 1. The molecule has 134 valence electrons. The number of carbonyl (C=O) groups excluding carboxylic acids is 1. The molecule has 26 heavy (non-hydrogen) atoms. The molecule has 1 amide bonds. The molecular formula is C18H15BrClN3O2S. The van der Waals surface area contributed by atoms with E-state index < -0.39 is 0 Å². The van der Waals surface area contributed by atoms with Gasteiger partial charge in [-0.2, -0.15) is 0 Å². The molecule has 0 aliphatic carbocycles. The van der Waals surface area contributed by atoms with E-state index in [1.165, 1.54) is 11.8 Å². The van der Waals surface area contributed by atoms with Crippen LogP contribution in [0.2, 0.25) is 5.02 Å². The van der Waals surface area contributed by atoms with Gasteiger partial charge in [0.05, 0.1) is 23.6 Å². The van der Waals surface area contributed by atoms with Crippen LogP contribution in [-0.2, 0) is 4.79 Å². The van der Waals surface area contributed by atoms with Gasteiger partial charge in [0, 0.05) is 22.6 Å². The van der Waals surface area contributed by atoms with Gasteiger partial charge in [0.2, 0.25) is 5.91 Å². The monoisotopic (exact) mass is 451 g/mol. The zero-order valence-corrected chi connectivity index (χ0v) is 16.9. The SMILES string of the molecule is COc1ccc(-n2ccnc2SCC(=O)Nc2ccc(Br)cc2Cl)cc1. The first-order valence-electron chi connectivity index (χ1n) is 7.62. The molecule has 0 saturated heterocycles. The summed E-state index contributed by atoms with van der Waals surface area (Å²) in [6, 6.07) is 13.0. The van der Waals surface area contributed by atoms with E-state index in [2.05, 4.69) is 26.2 Å². The highest BCUT2D eigenvalue weighted by Crippen LogP contribution is 2.26. The molecule has 2 aromatic carbocycles. The fourth-order valence-corrected chi connectivity index (χ4v) is 3.74. The van der Waals surface area contributed by atoms with Crippen LogP contribution in [-0.4, -0.2) is 28.3 Å². The van der Waals surface area contributed by atoms with Crippen molar-refractivity contribution in [2.24, 2.45) is 0 Å². The van der Waals surface area contributed by atoms with Crippen LogP contribution in [0.15, 0.2) is 64.5 Å². The Balaban J connectivity index is 1.64. The molecule has 0 fully saturated rings. The van der Waals surface area contributed by atoms with Gasteiger partial charge in [-0.25, -0.2) is 4.98 Å². The van der Waals surface area contributed by atoms with E-state index in [-0.39, 0.29) is 11.7 Å². The molecule has 8 heteroatoms. The Labute approximate surface area is 168 Å². The molecule has 0 atom stereocenters. The van der Waals surface area contributed by atoms with Crippen molar-refractivity contribution in [3.63, 3.8) is 0 Å². The van der Waals surface area contributed by atoms with Gasteiger partial charge in [0.1, 0.15) is 5.75 Å². The molecule has 5 nitrogen and oxygen atoms in total. The number of hydrogen-bond acceptors (Lipinski definition) is 4. The fraction of sp³-hybridized carbons (Fsp3) is 0.111. The van der Waals surface area contributed by atoms with Crippen molar-refractivity contribution in [1.29, 1.82) is 0 Å². The second-order valence-corrected chi connectivity index (χ2v) is 7.50. The van der Waals surface area contributed by atoms with Gasteiger partial charge in [-0.05, 0) is 42.5 Å². The second kappa shape index (κ2) is 8.62. The van der Waals surface area contributed by atoms with Crippen molar-refractivity contribution in [1.82, 2.24) is 9.55 Å². The molecule has 0 aliphatic heterocycles. The van der Waals surface area contributed by atoms with Crippen molar-refractivity contribution in [3.05, 3.63) is 64.4 Å². The van der Waals surface area contributed by atoms with Crippen LogP contribution in [0, 0.1) is 0 Å². The lowest BCUT2D eigenvalue weighted by molar-refractivity contribution is -0.113. The van der Waals surface area contributed by atoms with Crippen LogP contribution in [0.4, 0.5) is 5.69 Å². The van der Waals surface area contributed by atoms with Gasteiger partial charge < -0.3 is 10.1 Å². The first-order chi connectivity index (χ1) is 12.6.